The van der Waals surface area contributed by atoms with E-state index in [0.717, 1.165) is 37.6 Å². The number of nitrogens with one attached hydrogen (secondary N) is 1. The Balaban J connectivity index is 0. The highest BCUT2D eigenvalue weighted by molar-refractivity contribution is 5.85. The van der Waals surface area contributed by atoms with Crippen LogP contribution in [0, 0.1) is 0 Å². The van der Waals surface area contributed by atoms with E-state index < -0.39 is 0 Å². The van der Waals surface area contributed by atoms with E-state index in [0.29, 0.717) is 18.1 Å². The van der Waals surface area contributed by atoms with Gasteiger partial charge in [-0.2, -0.15) is 0 Å². The summed E-state index contributed by atoms with van der Waals surface area (Å²) < 4.78 is 5.75. The third-order valence-corrected chi connectivity index (χ3v) is 4.14. The van der Waals surface area contributed by atoms with Crippen molar-refractivity contribution in [3.63, 3.8) is 0 Å². The lowest BCUT2D eigenvalue weighted by atomic mass is 9.98. The Labute approximate surface area is 178 Å². The summed E-state index contributed by atoms with van der Waals surface area (Å²) in [5.41, 5.74) is 8.30. The van der Waals surface area contributed by atoms with E-state index in [1.54, 1.807) is 19.5 Å². The number of aromatic nitrogens is 1. The predicted molar refractivity (Wildman–Crippen MR) is 129 cm³/mol. The molecule has 1 heterocycles. The minimum Gasteiger partial charge on any atom is -0.400 e. The molecule has 0 aliphatic carbocycles. The van der Waals surface area contributed by atoms with E-state index in [2.05, 4.69) is 29.1 Å². The molecule has 0 amide bonds. The van der Waals surface area contributed by atoms with E-state index >= 15 is 0 Å². The highest BCUT2D eigenvalue weighted by atomic mass is 16.5. The van der Waals surface area contributed by atoms with Crippen LogP contribution in [0.4, 0.5) is 17.2 Å². The molecule has 1 atom stereocenters. The first kappa shape index (κ1) is 29.0. The summed E-state index contributed by atoms with van der Waals surface area (Å²) in [6.07, 6.45) is 14.7. The van der Waals surface area contributed by atoms with Gasteiger partial charge < -0.3 is 20.9 Å². The lowest BCUT2D eigenvalue weighted by Crippen LogP contribution is -2.36. The number of hydrogen-bond acceptors (Lipinski definition) is 6. The Bertz CT molecular complexity index is 628. The largest absolute Gasteiger partial charge is 0.400 e. The summed E-state index contributed by atoms with van der Waals surface area (Å²) in [6.45, 7) is 12.8. The molecule has 0 saturated carbocycles. The lowest BCUT2D eigenvalue weighted by Gasteiger charge is -2.29. The zero-order valence-corrected chi connectivity index (χ0v) is 19.6. The van der Waals surface area contributed by atoms with Crippen molar-refractivity contribution < 1.29 is 9.84 Å². The van der Waals surface area contributed by atoms with E-state index in [9.17, 15) is 0 Å². The van der Waals surface area contributed by atoms with Crippen LogP contribution in [-0.4, -0.2) is 42.7 Å². The number of unbranched alkanes of at least 4 members (excludes halogenated alkanes) is 1. The summed E-state index contributed by atoms with van der Waals surface area (Å²) in [7, 11) is 2.76. The summed E-state index contributed by atoms with van der Waals surface area (Å²) in [6, 6.07) is 0. The number of nitrogens with two attached hydrogens (primary N) is 1. The fourth-order valence-corrected chi connectivity index (χ4v) is 2.46. The van der Waals surface area contributed by atoms with Crippen molar-refractivity contribution in [1.29, 1.82) is 0 Å². The summed E-state index contributed by atoms with van der Waals surface area (Å²) in [4.78, 5) is 8.68. The third kappa shape index (κ3) is 10.8. The number of aliphatic hydroxyl groups is 1. The molecule has 0 radical (unpaired) electrons. The van der Waals surface area contributed by atoms with Gasteiger partial charge in [0, 0.05) is 38.7 Å². The molecule has 166 valence electrons. The van der Waals surface area contributed by atoms with Crippen LogP contribution in [0.5, 0.6) is 0 Å². The summed E-state index contributed by atoms with van der Waals surface area (Å²) in [5.74, 6) is 0.413. The van der Waals surface area contributed by atoms with E-state index in [1.165, 1.54) is 0 Å². The molecule has 0 aliphatic heterocycles. The zero-order valence-electron chi connectivity index (χ0n) is 19.6. The normalized spacial score (nSPS) is 13.0. The van der Waals surface area contributed by atoms with Gasteiger partial charge in [0.1, 0.15) is 5.69 Å². The predicted octanol–water partition coefficient (Wildman–Crippen LogP) is 5.62. The van der Waals surface area contributed by atoms with Crippen molar-refractivity contribution in [3.8, 4) is 0 Å². The van der Waals surface area contributed by atoms with Crippen molar-refractivity contribution in [1.82, 2.24) is 4.98 Å². The van der Waals surface area contributed by atoms with Gasteiger partial charge in [-0.05, 0) is 27.2 Å². The standard InChI is InChI=1S/C20H32N4O.C2H6.CH4O/c1-6-9-11-12-16-14-23-19(21)18(22-8-3)17(16)24-15-20(4,25-5)13-10-7-2;2*1-2/h6,8-9,11-12,14H,7,10,13,15H2,1-5H3,(H3,21,23,24);1-2H3;2H,1H3/b9-6-,12-11-,22-8?;;. The molecule has 0 aromatic carbocycles. The van der Waals surface area contributed by atoms with Crippen molar-refractivity contribution in [2.45, 2.75) is 66.4 Å². The maximum absolute atomic E-state index is 7.00. The van der Waals surface area contributed by atoms with Crippen LogP contribution in [0.2, 0.25) is 0 Å². The molecule has 1 rings (SSSR count). The number of aliphatic imine (C=N–C) groups is 1. The van der Waals surface area contributed by atoms with Crippen LogP contribution in [-0.2, 0) is 4.74 Å². The second-order valence-electron chi connectivity index (χ2n) is 6.21. The molecule has 0 spiro atoms. The van der Waals surface area contributed by atoms with Crippen LogP contribution < -0.4 is 11.1 Å². The van der Waals surface area contributed by atoms with E-state index in [-0.39, 0.29) is 5.60 Å². The molecule has 1 unspecified atom stereocenters. The number of rotatable bonds is 10. The number of aliphatic hydroxyl groups excluding tert-OH is 1. The highest BCUT2D eigenvalue weighted by Crippen LogP contribution is 2.34. The Hall–Kier alpha value is -2.18. The number of ether oxygens (including phenoxy) is 1. The fraction of sp³-hybridized carbons (Fsp3) is 0.565. The highest BCUT2D eigenvalue weighted by Gasteiger charge is 2.24. The molecule has 6 nitrogen and oxygen atoms in total. The number of pyridine rings is 1. The van der Waals surface area contributed by atoms with Crippen molar-refractivity contribution in [3.05, 3.63) is 30.0 Å². The molecule has 6 heteroatoms. The number of methoxy groups -OCH3 is 1. The van der Waals surface area contributed by atoms with Gasteiger partial charge in [-0.25, -0.2) is 4.98 Å². The number of anilines is 2. The minimum atomic E-state index is -0.244. The summed E-state index contributed by atoms with van der Waals surface area (Å²) >= 11 is 0. The fourth-order valence-electron chi connectivity index (χ4n) is 2.46. The Morgan fingerprint density at radius 1 is 1.28 bits per heavy atom. The smallest absolute Gasteiger partial charge is 0.151 e. The second-order valence-corrected chi connectivity index (χ2v) is 6.21. The Kier molecular flexibility index (Phi) is 17.9. The second kappa shape index (κ2) is 17.9. The Morgan fingerprint density at radius 2 is 1.93 bits per heavy atom. The van der Waals surface area contributed by atoms with Crippen LogP contribution >= 0.6 is 0 Å². The summed E-state index contributed by atoms with van der Waals surface area (Å²) in [5, 5.41) is 10.5. The van der Waals surface area contributed by atoms with Crippen molar-refractivity contribution in [2.24, 2.45) is 4.99 Å². The molecular formula is C23H42N4O2. The average Bonchev–Trinajstić information content (AvgIpc) is 2.76. The molecule has 0 saturated heterocycles. The van der Waals surface area contributed by atoms with Crippen LogP contribution in [0.25, 0.3) is 6.08 Å². The van der Waals surface area contributed by atoms with Crippen molar-refractivity contribution in [2.75, 3.05) is 31.8 Å². The van der Waals surface area contributed by atoms with Crippen LogP contribution in [0.1, 0.15) is 66.4 Å². The number of hydrogen-bond donors (Lipinski definition) is 3. The van der Waals surface area contributed by atoms with Gasteiger partial charge in [0.2, 0.25) is 0 Å². The molecular weight excluding hydrogens is 364 g/mol. The number of allylic oxidation sites excluding steroid dienone is 3. The topological polar surface area (TPSA) is 92.8 Å². The first-order valence-corrected chi connectivity index (χ1v) is 10.3. The van der Waals surface area contributed by atoms with Gasteiger partial charge in [-0.3, -0.25) is 4.99 Å². The molecule has 4 N–H and O–H groups in total. The first-order valence-electron chi connectivity index (χ1n) is 10.3. The van der Waals surface area contributed by atoms with Gasteiger partial charge in [0.05, 0.1) is 11.3 Å². The average molecular weight is 407 g/mol. The van der Waals surface area contributed by atoms with Gasteiger partial charge in [0.25, 0.3) is 0 Å². The van der Waals surface area contributed by atoms with Gasteiger partial charge in [0.15, 0.2) is 5.82 Å². The number of nitrogens with zero attached hydrogens (tertiary/aromatic N) is 2. The van der Waals surface area contributed by atoms with Crippen LogP contribution in [0.15, 0.2) is 29.4 Å². The monoisotopic (exact) mass is 406 g/mol. The molecule has 0 fully saturated rings. The molecule has 0 aliphatic rings. The maximum Gasteiger partial charge on any atom is 0.151 e. The molecule has 1 aromatic heterocycles. The molecule has 1 aromatic rings. The Morgan fingerprint density at radius 3 is 2.45 bits per heavy atom. The van der Waals surface area contributed by atoms with Crippen molar-refractivity contribution >= 4 is 29.5 Å². The molecule has 0 bridgehead atoms. The van der Waals surface area contributed by atoms with Crippen LogP contribution in [0.3, 0.4) is 0 Å². The minimum absolute atomic E-state index is 0.244. The van der Waals surface area contributed by atoms with Gasteiger partial charge >= 0.3 is 0 Å². The third-order valence-electron chi connectivity index (χ3n) is 4.14. The van der Waals surface area contributed by atoms with Gasteiger partial charge in [-0.15, -0.1) is 0 Å². The van der Waals surface area contributed by atoms with Gasteiger partial charge in [-0.1, -0.05) is 57.9 Å². The maximum atomic E-state index is 7.00. The van der Waals surface area contributed by atoms with E-state index in [1.807, 2.05) is 52.0 Å². The quantitative estimate of drug-likeness (QED) is 0.346. The molecule has 29 heavy (non-hydrogen) atoms. The lowest BCUT2D eigenvalue weighted by molar-refractivity contribution is 0.00863. The number of nitrogen functional groups attached to an aromatic ring is 1. The van der Waals surface area contributed by atoms with E-state index in [4.69, 9.17) is 15.6 Å². The SMILES string of the molecule is CC.CC=Nc1c(N)ncc(/C=C\C=C/C)c1NCC(C)(CCCC)OC.CO. The first-order chi connectivity index (χ1) is 14.0. The zero-order chi connectivity index (χ0) is 22.7.